The third-order valence-electron chi connectivity index (χ3n) is 3.87. The Morgan fingerprint density at radius 3 is 2.46 bits per heavy atom. The second kappa shape index (κ2) is 6.66. The van der Waals surface area contributed by atoms with Gasteiger partial charge in [0, 0.05) is 17.1 Å². The minimum atomic E-state index is -0.141. The molecule has 1 amide bonds. The summed E-state index contributed by atoms with van der Waals surface area (Å²) >= 11 is 0. The maximum absolute atomic E-state index is 12.9. The van der Waals surface area contributed by atoms with Crippen molar-refractivity contribution in [1.82, 2.24) is 9.78 Å². The Balaban J connectivity index is 1.97. The molecule has 0 radical (unpaired) electrons. The molecule has 0 aliphatic heterocycles. The van der Waals surface area contributed by atoms with Crippen LogP contribution in [0.4, 0.5) is 5.69 Å². The van der Waals surface area contributed by atoms with Crippen molar-refractivity contribution in [2.75, 3.05) is 4.90 Å². The van der Waals surface area contributed by atoms with Crippen molar-refractivity contribution in [3.05, 3.63) is 71.0 Å². The van der Waals surface area contributed by atoms with Gasteiger partial charge in [-0.2, -0.15) is 5.10 Å². The van der Waals surface area contributed by atoms with Gasteiger partial charge in [0.1, 0.15) is 6.54 Å². The second-order valence-electron chi connectivity index (χ2n) is 5.88. The van der Waals surface area contributed by atoms with E-state index in [-0.39, 0.29) is 23.9 Å². The van der Waals surface area contributed by atoms with Crippen LogP contribution in [0.3, 0.4) is 0 Å². The number of anilines is 1. The molecule has 3 rings (SSSR count). The van der Waals surface area contributed by atoms with Gasteiger partial charge in [0.25, 0.3) is 0 Å². The lowest BCUT2D eigenvalue weighted by Crippen LogP contribution is -2.39. The van der Waals surface area contributed by atoms with Crippen molar-refractivity contribution in [2.45, 2.75) is 26.4 Å². The van der Waals surface area contributed by atoms with Crippen LogP contribution in [-0.2, 0) is 11.3 Å². The standard InChI is InChI=1S/C19H19N3O2/c1-14(2)22(15-8-4-3-5-9-15)19(24)13-21-17-11-7-6-10-16(17)18(23)12-20-21/h3-12,14H,13H2,1-2H3. The number of aromatic nitrogens is 2. The van der Waals surface area contributed by atoms with Crippen LogP contribution in [0.15, 0.2) is 65.6 Å². The molecule has 0 unspecified atom stereocenters. The lowest BCUT2D eigenvalue weighted by molar-refractivity contribution is -0.119. The minimum absolute atomic E-state index is 0.0190. The molecule has 2 aromatic carbocycles. The van der Waals surface area contributed by atoms with Crippen LogP contribution in [0, 0.1) is 0 Å². The van der Waals surface area contributed by atoms with E-state index < -0.39 is 0 Å². The molecule has 0 fully saturated rings. The average Bonchev–Trinajstić information content (AvgIpc) is 2.58. The number of carbonyl (C=O) groups is 1. The van der Waals surface area contributed by atoms with Gasteiger partial charge in [-0.3, -0.25) is 14.3 Å². The van der Waals surface area contributed by atoms with E-state index in [1.165, 1.54) is 6.20 Å². The molecule has 24 heavy (non-hydrogen) atoms. The molecule has 0 saturated heterocycles. The fraction of sp³-hybridized carbons (Fsp3) is 0.211. The highest BCUT2D eigenvalue weighted by molar-refractivity contribution is 5.94. The van der Waals surface area contributed by atoms with Crippen molar-refractivity contribution in [1.29, 1.82) is 0 Å². The summed E-state index contributed by atoms with van der Waals surface area (Å²) in [7, 11) is 0. The summed E-state index contributed by atoms with van der Waals surface area (Å²) in [5, 5.41) is 4.70. The van der Waals surface area contributed by atoms with Gasteiger partial charge in [0.05, 0.1) is 11.7 Å². The normalized spacial score (nSPS) is 11.0. The van der Waals surface area contributed by atoms with Crippen molar-refractivity contribution in [2.24, 2.45) is 0 Å². The number of hydrogen-bond acceptors (Lipinski definition) is 3. The van der Waals surface area contributed by atoms with Crippen LogP contribution in [0.2, 0.25) is 0 Å². The largest absolute Gasteiger partial charge is 0.308 e. The summed E-state index contributed by atoms with van der Waals surface area (Å²) in [6, 6.07) is 16.8. The molecule has 0 aliphatic carbocycles. The number of para-hydroxylation sites is 2. The van der Waals surface area contributed by atoms with E-state index >= 15 is 0 Å². The van der Waals surface area contributed by atoms with Crippen LogP contribution in [0.5, 0.6) is 0 Å². The lowest BCUT2D eigenvalue weighted by Gasteiger charge is -2.27. The third-order valence-corrected chi connectivity index (χ3v) is 3.87. The Labute approximate surface area is 140 Å². The Morgan fingerprint density at radius 2 is 1.75 bits per heavy atom. The first-order valence-corrected chi connectivity index (χ1v) is 7.90. The van der Waals surface area contributed by atoms with Crippen molar-refractivity contribution >= 4 is 22.5 Å². The summed E-state index contributed by atoms with van der Waals surface area (Å²) in [5.74, 6) is -0.0718. The number of nitrogens with zero attached hydrogens (tertiary/aromatic N) is 3. The smallest absolute Gasteiger partial charge is 0.248 e. The monoisotopic (exact) mass is 321 g/mol. The van der Waals surface area contributed by atoms with Gasteiger partial charge in [-0.15, -0.1) is 0 Å². The van der Waals surface area contributed by atoms with Gasteiger partial charge < -0.3 is 4.90 Å². The molecule has 122 valence electrons. The van der Waals surface area contributed by atoms with Crippen LogP contribution in [-0.4, -0.2) is 21.7 Å². The van der Waals surface area contributed by atoms with E-state index in [1.807, 2.05) is 50.2 Å². The molecule has 0 spiro atoms. The van der Waals surface area contributed by atoms with Gasteiger partial charge >= 0.3 is 0 Å². The first-order valence-electron chi connectivity index (χ1n) is 7.90. The van der Waals surface area contributed by atoms with Crippen molar-refractivity contribution < 1.29 is 4.79 Å². The molecule has 5 nitrogen and oxygen atoms in total. The van der Waals surface area contributed by atoms with E-state index in [9.17, 15) is 9.59 Å². The van der Waals surface area contributed by atoms with Crippen LogP contribution in [0.25, 0.3) is 10.9 Å². The molecule has 1 heterocycles. The number of rotatable bonds is 4. The Hall–Kier alpha value is -2.95. The number of benzene rings is 2. The maximum atomic E-state index is 12.9. The summed E-state index contributed by atoms with van der Waals surface area (Å²) in [5.41, 5.74) is 1.37. The zero-order valence-corrected chi connectivity index (χ0v) is 13.7. The number of carbonyl (C=O) groups excluding carboxylic acids is 1. The zero-order valence-electron chi connectivity index (χ0n) is 13.7. The first kappa shape index (κ1) is 15.9. The predicted molar refractivity (Wildman–Crippen MR) is 95.1 cm³/mol. The highest BCUT2D eigenvalue weighted by Gasteiger charge is 2.20. The van der Waals surface area contributed by atoms with Crippen molar-refractivity contribution in [3.63, 3.8) is 0 Å². The molecule has 0 saturated carbocycles. The average molecular weight is 321 g/mol. The van der Waals surface area contributed by atoms with Crippen LogP contribution < -0.4 is 10.3 Å². The first-order chi connectivity index (χ1) is 11.6. The van der Waals surface area contributed by atoms with E-state index in [0.29, 0.717) is 10.9 Å². The molecule has 0 bridgehead atoms. The van der Waals surface area contributed by atoms with Gasteiger partial charge in [0.2, 0.25) is 11.3 Å². The van der Waals surface area contributed by atoms with Crippen molar-refractivity contribution in [3.8, 4) is 0 Å². The van der Waals surface area contributed by atoms with Gasteiger partial charge in [-0.05, 0) is 38.1 Å². The van der Waals surface area contributed by atoms with Gasteiger partial charge in [0.15, 0.2) is 0 Å². The number of amides is 1. The fourth-order valence-corrected chi connectivity index (χ4v) is 2.81. The molecular formula is C19H19N3O2. The molecule has 0 aliphatic rings. The summed E-state index contributed by atoms with van der Waals surface area (Å²) in [6.45, 7) is 4.03. The predicted octanol–water partition coefficient (Wildman–Crippen LogP) is 2.84. The highest BCUT2D eigenvalue weighted by atomic mass is 16.2. The zero-order chi connectivity index (χ0) is 17.1. The van der Waals surface area contributed by atoms with Gasteiger partial charge in [-0.1, -0.05) is 30.3 Å². The van der Waals surface area contributed by atoms with E-state index in [1.54, 1.807) is 27.8 Å². The van der Waals surface area contributed by atoms with E-state index in [0.717, 1.165) is 5.69 Å². The third kappa shape index (κ3) is 3.06. The molecular weight excluding hydrogens is 302 g/mol. The number of fused-ring (bicyclic) bond motifs is 1. The highest BCUT2D eigenvalue weighted by Crippen LogP contribution is 2.18. The molecule has 1 aromatic heterocycles. The van der Waals surface area contributed by atoms with Crippen LogP contribution >= 0.6 is 0 Å². The summed E-state index contributed by atoms with van der Waals surface area (Å²) < 4.78 is 1.58. The number of hydrogen-bond donors (Lipinski definition) is 0. The minimum Gasteiger partial charge on any atom is -0.308 e. The van der Waals surface area contributed by atoms with Crippen LogP contribution in [0.1, 0.15) is 13.8 Å². The molecule has 5 heteroatoms. The Kier molecular flexibility index (Phi) is 4.42. The topological polar surface area (TPSA) is 55.2 Å². The second-order valence-corrected chi connectivity index (χ2v) is 5.88. The Morgan fingerprint density at radius 1 is 1.08 bits per heavy atom. The molecule has 0 N–H and O–H groups in total. The summed E-state index contributed by atoms with van der Waals surface area (Å²) in [4.78, 5) is 26.5. The lowest BCUT2D eigenvalue weighted by atomic mass is 10.2. The van der Waals surface area contributed by atoms with E-state index in [4.69, 9.17) is 0 Å². The maximum Gasteiger partial charge on any atom is 0.248 e. The Bertz CT molecular complexity index is 917. The SMILES string of the molecule is CC(C)N(C(=O)Cn1ncc(=O)c2ccccc21)c1ccccc1. The summed E-state index contributed by atoms with van der Waals surface area (Å²) in [6.07, 6.45) is 1.26. The fourth-order valence-electron chi connectivity index (χ4n) is 2.81. The van der Waals surface area contributed by atoms with E-state index in [2.05, 4.69) is 5.10 Å². The molecule has 3 aromatic rings. The molecule has 0 atom stereocenters. The quantitative estimate of drug-likeness (QED) is 0.742. The van der Waals surface area contributed by atoms with Gasteiger partial charge in [-0.25, -0.2) is 0 Å².